The first kappa shape index (κ1) is 13.7. The van der Waals surface area contributed by atoms with Crippen LogP contribution in [0.25, 0.3) is 0 Å². The zero-order chi connectivity index (χ0) is 13.2. The van der Waals surface area contributed by atoms with Gasteiger partial charge in [0.15, 0.2) is 0 Å². The summed E-state index contributed by atoms with van der Waals surface area (Å²) in [5.74, 6) is 1.28. The van der Waals surface area contributed by atoms with Crippen LogP contribution < -0.4 is 5.32 Å². The van der Waals surface area contributed by atoms with E-state index in [4.69, 9.17) is 0 Å². The van der Waals surface area contributed by atoms with Crippen molar-refractivity contribution in [2.75, 3.05) is 18.8 Å². The van der Waals surface area contributed by atoms with Crippen LogP contribution in [0.4, 0.5) is 0 Å². The summed E-state index contributed by atoms with van der Waals surface area (Å²) < 4.78 is 0.182. The molecule has 0 spiro atoms. The highest BCUT2D eigenvalue weighted by Crippen LogP contribution is 2.38. The second-order valence-electron chi connectivity index (χ2n) is 5.44. The lowest BCUT2D eigenvalue weighted by molar-refractivity contribution is -0.133. The molecular weight excluding hydrogens is 248 g/mol. The minimum absolute atomic E-state index is 0.00179. The molecule has 2 saturated heterocycles. The van der Waals surface area contributed by atoms with E-state index >= 15 is 0 Å². The van der Waals surface area contributed by atoms with Crippen LogP contribution in [0.15, 0.2) is 0 Å². The van der Waals surface area contributed by atoms with E-state index in [9.17, 15) is 9.59 Å². The minimum Gasteiger partial charge on any atom is -0.344 e. The Bertz CT molecular complexity index is 340. The molecule has 18 heavy (non-hydrogen) atoms. The summed E-state index contributed by atoms with van der Waals surface area (Å²) in [7, 11) is 0. The third-order valence-corrected chi connectivity index (χ3v) is 5.31. The van der Waals surface area contributed by atoms with Crippen LogP contribution in [-0.4, -0.2) is 46.3 Å². The third-order valence-electron chi connectivity index (χ3n) is 3.79. The monoisotopic (exact) mass is 270 g/mol. The Morgan fingerprint density at radius 2 is 2.28 bits per heavy atom. The molecule has 0 aromatic carbocycles. The average molecular weight is 270 g/mol. The van der Waals surface area contributed by atoms with Gasteiger partial charge >= 0.3 is 0 Å². The van der Waals surface area contributed by atoms with E-state index in [0.717, 1.165) is 6.54 Å². The summed E-state index contributed by atoms with van der Waals surface area (Å²) in [6, 6.07) is -0.324. The number of hydrogen-bond acceptors (Lipinski definition) is 3. The molecular formula is C13H22N2O2S. The first-order valence-corrected chi connectivity index (χ1v) is 7.75. The molecule has 2 rings (SSSR count). The van der Waals surface area contributed by atoms with Crippen molar-refractivity contribution < 1.29 is 9.59 Å². The first-order valence-electron chi connectivity index (χ1n) is 6.76. The lowest BCUT2D eigenvalue weighted by Gasteiger charge is -2.32. The fraction of sp³-hybridized carbons (Fsp3) is 0.846. The van der Waals surface area contributed by atoms with E-state index in [2.05, 4.69) is 12.2 Å². The second kappa shape index (κ2) is 5.51. The molecule has 2 amide bonds. The van der Waals surface area contributed by atoms with Gasteiger partial charge in [0.1, 0.15) is 6.04 Å². The van der Waals surface area contributed by atoms with E-state index in [1.54, 1.807) is 0 Å². The highest BCUT2D eigenvalue weighted by Gasteiger charge is 2.36. The lowest BCUT2D eigenvalue weighted by Crippen LogP contribution is -2.48. The normalized spacial score (nSPS) is 33.4. The van der Waals surface area contributed by atoms with Gasteiger partial charge in [0, 0.05) is 24.3 Å². The Labute approximate surface area is 113 Å². The molecule has 0 saturated carbocycles. The van der Waals surface area contributed by atoms with Crippen molar-refractivity contribution in [1.29, 1.82) is 0 Å². The van der Waals surface area contributed by atoms with Crippen molar-refractivity contribution in [3.63, 3.8) is 0 Å². The number of thioether (sulfide) groups is 1. The van der Waals surface area contributed by atoms with Gasteiger partial charge in [0.05, 0.1) is 0 Å². The number of carbonyl (C=O) groups is 2. The minimum atomic E-state index is -0.324. The summed E-state index contributed by atoms with van der Waals surface area (Å²) in [6.07, 6.45) is 3.51. The van der Waals surface area contributed by atoms with Gasteiger partial charge in [0.25, 0.3) is 0 Å². The van der Waals surface area contributed by atoms with Gasteiger partial charge in [-0.25, -0.2) is 0 Å². The smallest absolute Gasteiger partial charge is 0.245 e. The number of carbonyl (C=O) groups excluding carboxylic acids is 2. The largest absolute Gasteiger partial charge is 0.344 e. The summed E-state index contributed by atoms with van der Waals surface area (Å²) in [6.45, 7) is 5.52. The molecule has 102 valence electrons. The van der Waals surface area contributed by atoms with Gasteiger partial charge in [-0.1, -0.05) is 6.92 Å². The van der Waals surface area contributed by atoms with Crippen LogP contribution in [0.2, 0.25) is 0 Å². The SMILES string of the molecule is CCC1NC(=O)CCN(CC2(C)CCCS2)C1=O. The van der Waals surface area contributed by atoms with E-state index < -0.39 is 0 Å². The van der Waals surface area contributed by atoms with Crippen molar-refractivity contribution in [2.45, 2.75) is 50.3 Å². The molecule has 0 aliphatic carbocycles. The summed E-state index contributed by atoms with van der Waals surface area (Å²) in [5.41, 5.74) is 0. The van der Waals surface area contributed by atoms with Gasteiger partial charge in [-0.15, -0.1) is 0 Å². The van der Waals surface area contributed by atoms with E-state index in [1.165, 1.54) is 18.6 Å². The maximum atomic E-state index is 12.4. The Hall–Kier alpha value is -0.710. The zero-order valence-corrected chi connectivity index (χ0v) is 12.0. The van der Waals surface area contributed by atoms with Gasteiger partial charge in [-0.2, -0.15) is 11.8 Å². The molecule has 2 aliphatic heterocycles. The zero-order valence-electron chi connectivity index (χ0n) is 11.2. The summed E-state index contributed by atoms with van der Waals surface area (Å²) >= 11 is 1.96. The molecule has 4 nitrogen and oxygen atoms in total. The number of amides is 2. The highest BCUT2D eigenvalue weighted by atomic mass is 32.2. The van der Waals surface area contributed by atoms with Gasteiger partial charge in [-0.3, -0.25) is 9.59 Å². The standard InChI is InChI=1S/C13H22N2O2S/c1-3-10-12(17)15(7-5-11(16)14-10)9-13(2)6-4-8-18-13/h10H,3-9H2,1-2H3,(H,14,16). The predicted molar refractivity (Wildman–Crippen MR) is 73.5 cm³/mol. The highest BCUT2D eigenvalue weighted by molar-refractivity contribution is 8.00. The van der Waals surface area contributed by atoms with Crippen molar-refractivity contribution in [3.05, 3.63) is 0 Å². The summed E-state index contributed by atoms with van der Waals surface area (Å²) in [4.78, 5) is 25.8. The topological polar surface area (TPSA) is 49.4 Å². The average Bonchev–Trinajstić information content (AvgIpc) is 2.72. The maximum Gasteiger partial charge on any atom is 0.245 e. The molecule has 0 bridgehead atoms. The van der Waals surface area contributed by atoms with Crippen LogP contribution in [0.1, 0.15) is 39.5 Å². The summed E-state index contributed by atoms with van der Waals surface area (Å²) in [5, 5.41) is 2.81. The number of nitrogens with zero attached hydrogens (tertiary/aromatic N) is 1. The van der Waals surface area contributed by atoms with Crippen molar-refractivity contribution in [1.82, 2.24) is 10.2 Å². The first-order chi connectivity index (χ1) is 8.54. The molecule has 5 heteroatoms. The van der Waals surface area contributed by atoms with Crippen molar-refractivity contribution >= 4 is 23.6 Å². The van der Waals surface area contributed by atoms with E-state index in [-0.39, 0.29) is 22.6 Å². The van der Waals surface area contributed by atoms with Crippen LogP contribution >= 0.6 is 11.8 Å². The molecule has 2 aliphatic rings. The Kier molecular flexibility index (Phi) is 4.20. The Morgan fingerprint density at radius 3 is 2.89 bits per heavy atom. The van der Waals surface area contributed by atoms with Crippen molar-refractivity contribution in [2.24, 2.45) is 0 Å². The molecule has 2 fully saturated rings. The number of hydrogen-bond donors (Lipinski definition) is 1. The molecule has 2 heterocycles. The van der Waals surface area contributed by atoms with Gasteiger partial charge < -0.3 is 10.2 Å². The van der Waals surface area contributed by atoms with E-state index in [1.807, 2.05) is 23.6 Å². The maximum absolute atomic E-state index is 12.4. The second-order valence-corrected chi connectivity index (χ2v) is 7.12. The van der Waals surface area contributed by atoms with Crippen molar-refractivity contribution in [3.8, 4) is 0 Å². The van der Waals surface area contributed by atoms with Gasteiger partial charge in [0.2, 0.25) is 11.8 Å². The predicted octanol–water partition coefficient (Wildman–Crippen LogP) is 1.40. The number of rotatable bonds is 3. The number of nitrogens with one attached hydrogen (secondary N) is 1. The van der Waals surface area contributed by atoms with Crippen LogP contribution in [0.5, 0.6) is 0 Å². The van der Waals surface area contributed by atoms with E-state index in [0.29, 0.717) is 19.4 Å². The Morgan fingerprint density at radius 1 is 1.50 bits per heavy atom. The fourth-order valence-corrected chi connectivity index (χ4v) is 4.01. The fourth-order valence-electron chi connectivity index (χ4n) is 2.69. The molecule has 1 N–H and O–H groups in total. The third kappa shape index (κ3) is 2.99. The molecule has 0 aromatic heterocycles. The molecule has 2 atom stereocenters. The molecule has 2 unspecified atom stereocenters. The molecule has 0 aromatic rings. The van der Waals surface area contributed by atoms with Crippen LogP contribution in [0.3, 0.4) is 0 Å². The quantitative estimate of drug-likeness (QED) is 0.843. The lowest BCUT2D eigenvalue weighted by atomic mass is 10.0. The van der Waals surface area contributed by atoms with Crippen LogP contribution in [-0.2, 0) is 9.59 Å². The Balaban J connectivity index is 2.05. The van der Waals surface area contributed by atoms with Gasteiger partial charge in [-0.05, 0) is 31.9 Å². The van der Waals surface area contributed by atoms with Crippen LogP contribution in [0, 0.1) is 0 Å². The molecule has 0 radical (unpaired) electrons.